The molecule has 2 aromatic carbocycles. The van der Waals surface area contributed by atoms with E-state index in [0.717, 1.165) is 18.4 Å². The lowest BCUT2D eigenvalue weighted by Crippen LogP contribution is -2.32. The smallest absolute Gasteiger partial charge is 0.165 e. The van der Waals surface area contributed by atoms with Gasteiger partial charge in [0.05, 0.1) is 7.11 Å². The van der Waals surface area contributed by atoms with Crippen LogP contribution in [0.5, 0.6) is 5.75 Å². The van der Waals surface area contributed by atoms with Crippen molar-refractivity contribution < 1.29 is 9.13 Å². The van der Waals surface area contributed by atoms with E-state index in [1.165, 1.54) is 24.3 Å². The van der Waals surface area contributed by atoms with Crippen LogP contribution in [0.15, 0.2) is 42.5 Å². The molecule has 3 rings (SSSR count). The van der Waals surface area contributed by atoms with Crippen LogP contribution in [0.1, 0.15) is 29.7 Å². The van der Waals surface area contributed by atoms with Gasteiger partial charge in [-0.3, -0.25) is 0 Å². The number of hydrogen-bond donors (Lipinski definition) is 1. The number of halogens is 1. The Morgan fingerprint density at radius 2 is 1.81 bits per heavy atom. The number of methoxy groups -OCH3 is 1. The molecule has 0 saturated heterocycles. The van der Waals surface area contributed by atoms with Crippen LogP contribution in [0.2, 0.25) is 0 Å². The summed E-state index contributed by atoms with van der Waals surface area (Å²) in [7, 11) is 1.49. The molecule has 0 aliphatic heterocycles. The highest BCUT2D eigenvalue weighted by Gasteiger charge is 2.22. The maximum absolute atomic E-state index is 13.5. The fraction of sp³-hybridized carbons (Fsp3) is 0.333. The summed E-state index contributed by atoms with van der Waals surface area (Å²) in [5, 5.41) is 3.63. The Bertz CT molecular complexity index is 616. The Morgan fingerprint density at radius 1 is 1.14 bits per heavy atom. The van der Waals surface area contributed by atoms with Crippen LogP contribution in [0.3, 0.4) is 0 Å². The quantitative estimate of drug-likeness (QED) is 0.926. The molecule has 2 nitrogen and oxygen atoms in total. The predicted molar refractivity (Wildman–Crippen MR) is 82.1 cm³/mol. The van der Waals surface area contributed by atoms with Gasteiger partial charge in [0.1, 0.15) is 0 Å². The van der Waals surface area contributed by atoms with Crippen LogP contribution in [0, 0.1) is 5.82 Å². The molecule has 1 N–H and O–H groups in total. The van der Waals surface area contributed by atoms with Crippen molar-refractivity contribution in [1.29, 1.82) is 0 Å². The molecular weight excluding hydrogens is 265 g/mol. The van der Waals surface area contributed by atoms with Crippen molar-refractivity contribution in [3.63, 3.8) is 0 Å². The molecule has 0 aromatic heterocycles. The summed E-state index contributed by atoms with van der Waals surface area (Å²) in [6.07, 6.45) is 2.11. The topological polar surface area (TPSA) is 21.3 Å². The van der Waals surface area contributed by atoms with Crippen LogP contribution < -0.4 is 10.1 Å². The summed E-state index contributed by atoms with van der Waals surface area (Å²) in [5.74, 6) is -0.0161. The summed E-state index contributed by atoms with van der Waals surface area (Å²) in [6.45, 7) is 2.11. The van der Waals surface area contributed by atoms with Crippen molar-refractivity contribution >= 4 is 0 Å². The van der Waals surface area contributed by atoms with Crippen LogP contribution in [0.25, 0.3) is 0 Å². The van der Waals surface area contributed by atoms with E-state index < -0.39 is 0 Å². The van der Waals surface area contributed by atoms with E-state index in [9.17, 15) is 4.39 Å². The molecule has 1 unspecified atom stereocenters. The number of rotatable bonds is 4. The van der Waals surface area contributed by atoms with E-state index in [-0.39, 0.29) is 11.9 Å². The molecule has 0 radical (unpaired) electrons. The Morgan fingerprint density at radius 3 is 2.43 bits per heavy atom. The first-order valence-corrected chi connectivity index (χ1v) is 7.33. The summed E-state index contributed by atoms with van der Waals surface area (Å²) < 4.78 is 18.5. The summed E-state index contributed by atoms with van der Waals surface area (Å²) in [5.41, 5.74) is 3.90. The van der Waals surface area contributed by atoms with E-state index in [1.807, 2.05) is 6.07 Å². The van der Waals surface area contributed by atoms with Crippen molar-refractivity contribution in [2.24, 2.45) is 0 Å². The van der Waals surface area contributed by atoms with Gasteiger partial charge in [-0.25, -0.2) is 4.39 Å². The van der Waals surface area contributed by atoms with Gasteiger partial charge in [-0.2, -0.15) is 0 Å². The average molecular weight is 285 g/mol. The number of ether oxygens (including phenoxy) is 1. The molecule has 0 amide bonds. The standard InChI is InChI=1S/C18H20FNO/c1-12(13-7-8-17(19)18(11-13)21-2)20-16-9-14-5-3-4-6-15(14)10-16/h3-8,11-12,16,20H,9-10H2,1-2H3. The summed E-state index contributed by atoms with van der Waals surface area (Å²) >= 11 is 0. The zero-order chi connectivity index (χ0) is 14.8. The lowest BCUT2D eigenvalue weighted by atomic mass is 10.1. The number of benzene rings is 2. The highest BCUT2D eigenvalue weighted by molar-refractivity contribution is 5.35. The second-order valence-electron chi connectivity index (χ2n) is 5.66. The monoisotopic (exact) mass is 285 g/mol. The van der Waals surface area contributed by atoms with Gasteiger partial charge >= 0.3 is 0 Å². The molecule has 110 valence electrons. The highest BCUT2D eigenvalue weighted by Crippen LogP contribution is 2.26. The Balaban J connectivity index is 1.69. The molecule has 0 fully saturated rings. The molecule has 0 spiro atoms. The number of nitrogens with one attached hydrogen (secondary N) is 1. The van der Waals surface area contributed by atoms with Crippen molar-refractivity contribution in [2.45, 2.75) is 31.8 Å². The van der Waals surface area contributed by atoms with Crippen molar-refractivity contribution in [2.75, 3.05) is 7.11 Å². The minimum atomic E-state index is -0.318. The first-order valence-electron chi connectivity index (χ1n) is 7.33. The number of fused-ring (bicyclic) bond motifs is 1. The zero-order valence-electron chi connectivity index (χ0n) is 12.4. The molecule has 3 heteroatoms. The van der Waals surface area contributed by atoms with Gasteiger partial charge in [0.15, 0.2) is 11.6 Å². The van der Waals surface area contributed by atoms with Crippen molar-refractivity contribution in [3.05, 3.63) is 65.0 Å². The lowest BCUT2D eigenvalue weighted by Gasteiger charge is -2.20. The van der Waals surface area contributed by atoms with Gasteiger partial charge in [0.25, 0.3) is 0 Å². The Labute approximate surface area is 125 Å². The average Bonchev–Trinajstić information content (AvgIpc) is 2.89. The first-order chi connectivity index (χ1) is 10.2. The number of hydrogen-bond acceptors (Lipinski definition) is 2. The molecule has 1 atom stereocenters. The molecular formula is C18H20FNO. The van der Waals surface area contributed by atoms with Crippen LogP contribution in [0.4, 0.5) is 4.39 Å². The molecule has 21 heavy (non-hydrogen) atoms. The van der Waals surface area contributed by atoms with Gasteiger partial charge in [0.2, 0.25) is 0 Å². The molecule has 1 aliphatic carbocycles. The van der Waals surface area contributed by atoms with Gasteiger partial charge < -0.3 is 10.1 Å². The van der Waals surface area contributed by atoms with Crippen LogP contribution in [-0.2, 0) is 12.8 Å². The van der Waals surface area contributed by atoms with E-state index >= 15 is 0 Å². The third-order valence-corrected chi connectivity index (χ3v) is 4.21. The molecule has 2 aromatic rings. The molecule has 0 bridgehead atoms. The minimum absolute atomic E-state index is 0.166. The first kappa shape index (κ1) is 14.1. The molecule has 0 heterocycles. The second-order valence-corrected chi connectivity index (χ2v) is 5.66. The molecule has 1 aliphatic rings. The second kappa shape index (κ2) is 5.86. The van der Waals surface area contributed by atoms with E-state index in [2.05, 4.69) is 36.5 Å². The third kappa shape index (κ3) is 2.93. The van der Waals surface area contributed by atoms with E-state index in [1.54, 1.807) is 6.07 Å². The summed E-state index contributed by atoms with van der Waals surface area (Å²) in [4.78, 5) is 0. The van der Waals surface area contributed by atoms with Crippen molar-refractivity contribution in [1.82, 2.24) is 5.32 Å². The largest absolute Gasteiger partial charge is 0.494 e. The van der Waals surface area contributed by atoms with Gasteiger partial charge in [-0.1, -0.05) is 30.3 Å². The summed E-state index contributed by atoms with van der Waals surface area (Å²) in [6, 6.07) is 14.2. The SMILES string of the molecule is COc1cc(C(C)NC2Cc3ccccc3C2)ccc1F. The van der Waals surface area contributed by atoms with Gasteiger partial charge in [-0.15, -0.1) is 0 Å². The van der Waals surface area contributed by atoms with Crippen LogP contribution in [-0.4, -0.2) is 13.2 Å². The lowest BCUT2D eigenvalue weighted by molar-refractivity contribution is 0.384. The molecule has 0 saturated carbocycles. The highest BCUT2D eigenvalue weighted by atomic mass is 19.1. The maximum atomic E-state index is 13.5. The third-order valence-electron chi connectivity index (χ3n) is 4.21. The van der Waals surface area contributed by atoms with Gasteiger partial charge in [-0.05, 0) is 48.6 Å². The van der Waals surface area contributed by atoms with E-state index in [4.69, 9.17) is 4.74 Å². The zero-order valence-corrected chi connectivity index (χ0v) is 12.4. The fourth-order valence-corrected chi connectivity index (χ4v) is 3.07. The van der Waals surface area contributed by atoms with Crippen molar-refractivity contribution in [3.8, 4) is 5.75 Å². The van der Waals surface area contributed by atoms with Crippen LogP contribution >= 0.6 is 0 Å². The maximum Gasteiger partial charge on any atom is 0.165 e. The Hall–Kier alpha value is -1.87. The predicted octanol–water partition coefficient (Wildman–Crippen LogP) is 3.65. The minimum Gasteiger partial charge on any atom is -0.494 e. The normalized spacial score (nSPS) is 15.8. The van der Waals surface area contributed by atoms with E-state index in [0.29, 0.717) is 11.8 Å². The Kier molecular flexibility index (Phi) is 3.93. The fourth-order valence-electron chi connectivity index (χ4n) is 3.07. The van der Waals surface area contributed by atoms with Gasteiger partial charge in [0, 0.05) is 12.1 Å².